The number of nitrogens with zero attached hydrogens (tertiary/aromatic N) is 3. The minimum Gasteiger partial charge on any atom is -0.336 e. The van der Waals surface area contributed by atoms with Crippen molar-refractivity contribution in [1.82, 2.24) is 14.7 Å². The van der Waals surface area contributed by atoms with E-state index in [-0.39, 0.29) is 23.9 Å². The molecule has 1 aliphatic heterocycles. The fourth-order valence-corrected chi connectivity index (χ4v) is 5.02. The molecule has 144 valence electrons. The monoisotopic (exact) mass is 415 g/mol. The number of halogens is 1. The molecule has 2 aromatic carbocycles. The minimum absolute atomic E-state index is 0.166. The Kier molecular flexibility index (Phi) is 4.72. The van der Waals surface area contributed by atoms with E-state index >= 15 is 0 Å². The molecule has 0 atom stereocenters. The van der Waals surface area contributed by atoms with Crippen molar-refractivity contribution >= 4 is 27.3 Å². The summed E-state index contributed by atoms with van der Waals surface area (Å²) in [4.78, 5) is 14.6. The maximum atomic E-state index is 12.8. The molecule has 0 spiro atoms. The number of hydrogen-bond acceptors (Lipinski definition) is 4. The second kappa shape index (κ2) is 7.07. The quantitative estimate of drug-likeness (QED) is 0.656. The maximum Gasteiger partial charge on any atom is 0.257 e. The van der Waals surface area contributed by atoms with E-state index in [9.17, 15) is 13.2 Å². The van der Waals surface area contributed by atoms with Gasteiger partial charge in [-0.05, 0) is 43.3 Å². The van der Waals surface area contributed by atoms with E-state index < -0.39 is 15.1 Å². The molecule has 0 radical (unpaired) electrons. The lowest BCUT2D eigenvalue weighted by atomic mass is 10.1. The molecule has 0 aliphatic carbocycles. The molecule has 1 aliphatic rings. The molecule has 8 heteroatoms. The van der Waals surface area contributed by atoms with Crippen molar-refractivity contribution in [3.05, 3.63) is 77.1 Å². The molecule has 6 nitrogen and oxygen atoms in total. The molecule has 1 fully saturated rings. The minimum atomic E-state index is -3.49. The summed E-state index contributed by atoms with van der Waals surface area (Å²) >= 11 is 5.83. The van der Waals surface area contributed by atoms with Crippen LogP contribution in [0.5, 0.6) is 0 Å². The lowest BCUT2D eigenvalue weighted by molar-refractivity contribution is 0.0658. The van der Waals surface area contributed by atoms with Gasteiger partial charge in [0.1, 0.15) is 5.25 Å². The number of rotatable bonds is 4. The Hall–Kier alpha value is -2.64. The number of sulfone groups is 1. The first-order chi connectivity index (χ1) is 13.4. The smallest absolute Gasteiger partial charge is 0.257 e. The SMILES string of the molecule is Cc1c(C(=O)N2CC(S(=O)(=O)c3ccc(Cl)cc3)C2)cnn1-c1ccccc1. The predicted octanol–water partition coefficient (Wildman–Crippen LogP) is 3.13. The molecule has 0 N–H and O–H groups in total. The molecule has 1 amide bonds. The van der Waals surface area contributed by atoms with Crippen LogP contribution in [0, 0.1) is 6.92 Å². The van der Waals surface area contributed by atoms with E-state index in [2.05, 4.69) is 5.10 Å². The van der Waals surface area contributed by atoms with E-state index in [1.165, 1.54) is 23.2 Å². The summed E-state index contributed by atoms with van der Waals surface area (Å²) < 4.78 is 27.1. The third-order valence-electron chi connectivity index (χ3n) is 4.96. The summed E-state index contributed by atoms with van der Waals surface area (Å²) in [5, 5.41) is 4.18. The number of aromatic nitrogens is 2. The van der Waals surface area contributed by atoms with E-state index in [0.29, 0.717) is 10.6 Å². The zero-order valence-electron chi connectivity index (χ0n) is 15.1. The van der Waals surface area contributed by atoms with Crippen molar-refractivity contribution in [3.63, 3.8) is 0 Å². The van der Waals surface area contributed by atoms with Gasteiger partial charge in [0.15, 0.2) is 9.84 Å². The van der Waals surface area contributed by atoms with Crippen LogP contribution in [0.15, 0.2) is 65.7 Å². The van der Waals surface area contributed by atoms with E-state index in [0.717, 1.165) is 11.4 Å². The van der Waals surface area contributed by atoms with Crippen molar-refractivity contribution in [2.45, 2.75) is 17.1 Å². The molecule has 28 heavy (non-hydrogen) atoms. The van der Waals surface area contributed by atoms with Gasteiger partial charge in [-0.15, -0.1) is 0 Å². The average molecular weight is 416 g/mol. The van der Waals surface area contributed by atoms with Crippen LogP contribution in [-0.2, 0) is 9.84 Å². The van der Waals surface area contributed by atoms with E-state index in [1.807, 2.05) is 37.3 Å². The molecule has 0 bridgehead atoms. The first kappa shape index (κ1) is 18.7. The number of carbonyl (C=O) groups is 1. The highest BCUT2D eigenvalue weighted by Crippen LogP contribution is 2.27. The molecule has 1 aromatic heterocycles. The summed E-state index contributed by atoms with van der Waals surface area (Å²) in [6.45, 7) is 2.16. The van der Waals surface area contributed by atoms with Gasteiger partial charge in [-0.25, -0.2) is 13.1 Å². The lowest BCUT2D eigenvalue weighted by Gasteiger charge is -2.38. The lowest BCUT2D eigenvalue weighted by Crippen LogP contribution is -2.56. The third-order valence-corrected chi connectivity index (χ3v) is 7.31. The van der Waals surface area contributed by atoms with E-state index in [4.69, 9.17) is 11.6 Å². The number of amides is 1. The van der Waals surface area contributed by atoms with Gasteiger partial charge in [0.2, 0.25) is 0 Å². The number of benzene rings is 2. The van der Waals surface area contributed by atoms with Gasteiger partial charge in [-0.1, -0.05) is 29.8 Å². The molecule has 2 heterocycles. The summed E-state index contributed by atoms with van der Waals surface area (Å²) in [6, 6.07) is 15.6. The number of para-hydroxylation sites is 1. The summed E-state index contributed by atoms with van der Waals surface area (Å²) in [7, 11) is -3.49. The Morgan fingerprint density at radius 3 is 2.36 bits per heavy atom. The van der Waals surface area contributed by atoms with Crippen LogP contribution in [0.4, 0.5) is 0 Å². The molecule has 1 saturated heterocycles. The van der Waals surface area contributed by atoms with Gasteiger partial charge in [-0.3, -0.25) is 4.79 Å². The largest absolute Gasteiger partial charge is 0.336 e. The van der Waals surface area contributed by atoms with Crippen LogP contribution in [0.2, 0.25) is 5.02 Å². The Morgan fingerprint density at radius 2 is 1.71 bits per heavy atom. The molecular weight excluding hydrogens is 398 g/mol. The summed E-state index contributed by atoms with van der Waals surface area (Å²) in [5.74, 6) is -0.206. The van der Waals surface area contributed by atoms with Crippen LogP contribution >= 0.6 is 11.6 Å². The molecule has 0 unspecified atom stereocenters. The number of hydrogen-bond donors (Lipinski definition) is 0. The van der Waals surface area contributed by atoms with Crippen molar-refractivity contribution in [2.24, 2.45) is 0 Å². The Morgan fingerprint density at radius 1 is 1.07 bits per heavy atom. The highest BCUT2D eigenvalue weighted by Gasteiger charge is 2.41. The number of carbonyl (C=O) groups excluding carboxylic acids is 1. The first-order valence-corrected chi connectivity index (χ1v) is 10.7. The summed E-state index contributed by atoms with van der Waals surface area (Å²) in [5.41, 5.74) is 2.07. The average Bonchev–Trinajstić information content (AvgIpc) is 3.02. The van der Waals surface area contributed by atoms with Gasteiger partial charge >= 0.3 is 0 Å². The van der Waals surface area contributed by atoms with Gasteiger partial charge in [0.25, 0.3) is 5.91 Å². The van der Waals surface area contributed by atoms with Gasteiger partial charge in [-0.2, -0.15) is 5.10 Å². The van der Waals surface area contributed by atoms with Crippen molar-refractivity contribution in [1.29, 1.82) is 0 Å². The fourth-order valence-electron chi connectivity index (χ4n) is 3.24. The van der Waals surface area contributed by atoms with Crippen LogP contribution in [0.25, 0.3) is 5.69 Å². The van der Waals surface area contributed by atoms with Crippen molar-refractivity contribution in [2.75, 3.05) is 13.1 Å². The molecule has 0 saturated carbocycles. The highest BCUT2D eigenvalue weighted by molar-refractivity contribution is 7.92. The maximum absolute atomic E-state index is 12.8. The van der Waals surface area contributed by atoms with Gasteiger partial charge in [0, 0.05) is 18.1 Å². The standard InChI is InChI=1S/C20H18ClN3O3S/c1-14-19(11-22-24(14)16-5-3-2-4-6-16)20(25)23-12-18(13-23)28(26,27)17-9-7-15(21)8-10-17/h2-11,18H,12-13H2,1H3. The predicted molar refractivity (Wildman–Crippen MR) is 107 cm³/mol. The van der Waals surface area contributed by atoms with E-state index in [1.54, 1.807) is 16.8 Å². The van der Waals surface area contributed by atoms with Gasteiger partial charge in [0.05, 0.1) is 28.0 Å². The second-order valence-corrected chi connectivity index (χ2v) is 9.39. The Labute approximate surface area is 168 Å². The van der Waals surface area contributed by atoms with Gasteiger partial charge < -0.3 is 4.90 Å². The zero-order valence-corrected chi connectivity index (χ0v) is 16.7. The number of likely N-dealkylation sites (tertiary alicyclic amines) is 1. The molecular formula is C20H18ClN3O3S. The fraction of sp³-hybridized carbons (Fsp3) is 0.200. The first-order valence-electron chi connectivity index (χ1n) is 8.76. The normalized spacial score (nSPS) is 14.7. The van der Waals surface area contributed by atoms with Crippen LogP contribution < -0.4 is 0 Å². The van der Waals surface area contributed by atoms with Crippen LogP contribution in [0.1, 0.15) is 16.1 Å². The summed E-state index contributed by atoms with van der Waals surface area (Å²) in [6.07, 6.45) is 1.53. The second-order valence-electron chi connectivity index (χ2n) is 6.72. The van der Waals surface area contributed by atoms with Crippen LogP contribution in [0.3, 0.4) is 0 Å². The van der Waals surface area contributed by atoms with Crippen molar-refractivity contribution in [3.8, 4) is 5.69 Å². The topological polar surface area (TPSA) is 72.3 Å². The Bertz CT molecular complexity index is 1120. The third kappa shape index (κ3) is 3.21. The van der Waals surface area contributed by atoms with Crippen molar-refractivity contribution < 1.29 is 13.2 Å². The Balaban J connectivity index is 1.49. The zero-order chi connectivity index (χ0) is 19.9. The highest BCUT2D eigenvalue weighted by atomic mass is 35.5. The molecule has 3 aromatic rings. The molecule has 4 rings (SSSR count). The van der Waals surface area contributed by atoms with Crippen LogP contribution in [-0.4, -0.2) is 47.3 Å².